The van der Waals surface area contributed by atoms with Crippen molar-refractivity contribution in [3.05, 3.63) is 33.9 Å². The van der Waals surface area contributed by atoms with Crippen molar-refractivity contribution in [2.24, 2.45) is 5.92 Å². The van der Waals surface area contributed by atoms with E-state index in [1.54, 1.807) is 6.07 Å². The Morgan fingerprint density at radius 1 is 1.45 bits per heavy atom. The third kappa shape index (κ3) is 4.32. The Balaban J connectivity index is 0.00000242. The van der Waals surface area contributed by atoms with E-state index in [0.717, 1.165) is 5.56 Å². The number of nitro benzene ring substituents is 1. The number of nitro groups is 1. The zero-order chi connectivity index (χ0) is 15.4. The van der Waals surface area contributed by atoms with E-state index in [1.165, 1.54) is 19.2 Å². The van der Waals surface area contributed by atoms with Gasteiger partial charge in [-0.15, -0.1) is 12.4 Å². The van der Waals surface area contributed by atoms with Gasteiger partial charge >= 0.3 is 5.97 Å². The lowest BCUT2D eigenvalue weighted by Crippen LogP contribution is -2.35. The Morgan fingerprint density at radius 3 is 2.59 bits per heavy atom. The van der Waals surface area contributed by atoms with Crippen molar-refractivity contribution in [1.29, 1.82) is 0 Å². The summed E-state index contributed by atoms with van der Waals surface area (Å²) in [7, 11) is 1.53. The van der Waals surface area contributed by atoms with Crippen LogP contribution in [-0.2, 0) is 11.3 Å². The highest BCUT2D eigenvalue weighted by Crippen LogP contribution is 2.27. The van der Waals surface area contributed by atoms with Crippen molar-refractivity contribution >= 4 is 24.1 Å². The quantitative estimate of drug-likeness (QED) is 0.658. The molecule has 8 heteroatoms. The Bertz CT molecular complexity index is 544. The first-order chi connectivity index (χ1) is 10.0. The SMILES string of the molecule is COc1ccc([N+](=O)[O-])cc1CN1CCC(C(=O)O)CC1.Cl. The van der Waals surface area contributed by atoms with Crippen molar-refractivity contribution in [2.75, 3.05) is 20.2 Å². The van der Waals surface area contributed by atoms with Crippen LogP contribution in [-0.4, -0.2) is 41.1 Å². The maximum atomic E-state index is 10.9. The van der Waals surface area contributed by atoms with Crippen molar-refractivity contribution in [2.45, 2.75) is 19.4 Å². The molecule has 2 rings (SSSR count). The second kappa shape index (κ2) is 7.95. The van der Waals surface area contributed by atoms with Crippen LogP contribution in [0.2, 0.25) is 0 Å². The normalized spacial score (nSPS) is 15.9. The van der Waals surface area contributed by atoms with Crippen LogP contribution < -0.4 is 4.74 Å². The number of aliphatic carboxylic acids is 1. The average Bonchev–Trinajstić information content (AvgIpc) is 2.47. The molecule has 0 bridgehead atoms. The lowest BCUT2D eigenvalue weighted by atomic mass is 9.96. The first kappa shape index (κ1) is 18.2. The van der Waals surface area contributed by atoms with E-state index >= 15 is 0 Å². The van der Waals surface area contributed by atoms with E-state index in [-0.39, 0.29) is 24.0 Å². The number of methoxy groups -OCH3 is 1. The fraction of sp³-hybridized carbons (Fsp3) is 0.500. The number of halogens is 1. The Morgan fingerprint density at radius 2 is 2.09 bits per heavy atom. The molecule has 0 saturated carbocycles. The summed E-state index contributed by atoms with van der Waals surface area (Å²) in [6, 6.07) is 4.53. The van der Waals surface area contributed by atoms with Gasteiger partial charge in [0.05, 0.1) is 18.0 Å². The molecule has 1 heterocycles. The van der Waals surface area contributed by atoms with Gasteiger partial charge in [0, 0.05) is 24.2 Å². The monoisotopic (exact) mass is 330 g/mol. The van der Waals surface area contributed by atoms with Crippen LogP contribution in [0.3, 0.4) is 0 Å². The largest absolute Gasteiger partial charge is 0.496 e. The number of rotatable bonds is 5. The van der Waals surface area contributed by atoms with E-state index in [2.05, 4.69) is 4.90 Å². The zero-order valence-electron chi connectivity index (χ0n) is 12.2. The van der Waals surface area contributed by atoms with Crippen molar-refractivity contribution < 1.29 is 19.6 Å². The molecule has 122 valence electrons. The fourth-order valence-electron chi connectivity index (χ4n) is 2.58. The molecule has 0 aliphatic carbocycles. The second-order valence-electron chi connectivity index (χ2n) is 5.14. The van der Waals surface area contributed by atoms with E-state index in [4.69, 9.17) is 9.84 Å². The van der Waals surface area contributed by atoms with E-state index < -0.39 is 10.9 Å². The summed E-state index contributed by atoms with van der Waals surface area (Å²) >= 11 is 0. The molecular formula is C14H19ClN2O5. The van der Waals surface area contributed by atoms with Gasteiger partial charge in [0.2, 0.25) is 0 Å². The molecule has 1 aliphatic rings. The predicted molar refractivity (Wildman–Crippen MR) is 82.5 cm³/mol. The van der Waals surface area contributed by atoms with Gasteiger partial charge in [0.25, 0.3) is 5.69 Å². The number of nitrogens with zero attached hydrogens (tertiary/aromatic N) is 2. The van der Waals surface area contributed by atoms with Crippen LogP contribution in [0.4, 0.5) is 5.69 Å². The van der Waals surface area contributed by atoms with Crippen molar-refractivity contribution in [3.63, 3.8) is 0 Å². The van der Waals surface area contributed by atoms with Crippen molar-refractivity contribution in [3.8, 4) is 5.75 Å². The number of carboxylic acids is 1. The molecule has 22 heavy (non-hydrogen) atoms. The second-order valence-corrected chi connectivity index (χ2v) is 5.14. The number of carboxylic acid groups (broad SMARTS) is 1. The molecule has 1 aromatic carbocycles. The van der Waals surface area contributed by atoms with Crippen LogP contribution in [0.15, 0.2) is 18.2 Å². The zero-order valence-corrected chi connectivity index (χ0v) is 13.0. The highest BCUT2D eigenvalue weighted by molar-refractivity contribution is 5.85. The van der Waals surface area contributed by atoms with Gasteiger partial charge < -0.3 is 9.84 Å². The minimum Gasteiger partial charge on any atom is -0.496 e. The standard InChI is InChI=1S/C14H18N2O5.ClH/c1-21-13-3-2-12(16(19)20)8-11(13)9-15-6-4-10(5-7-15)14(17)18;/h2-3,8,10H,4-7,9H2,1H3,(H,17,18);1H. The summed E-state index contributed by atoms with van der Waals surface area (Å²) in [6.07, 6.45) is 1.21. The number of hydrogen-bond acceptors (Lipinski definition) is 5. The molecule has 0 radical (unpaired) electrons. The third-order valence-corrected chi connectivity index (χ3v) is 3.81. The number of likely N-dealkylation sites (tertiary alicyclic amines) is 1. The molecule has 1 saturated heterocycles. The minimum atomic E-state index is -0.748. The number of benzene rings is 1. The molecular weight excluding hydrogens is 312 g/mol. The molecule has 0 atom stereocenters. The van der Waals surface area contributed by atoms with Crippen LogP contribution in [0, 0.1) is 16.0 Å². The minimum absolute atomic E-state index is 0. The summed E-state index contributed by atoms with van der Waals surface area (Å²) in [5, 5.41) is 19.8. The first-order valence-corrected chi connectivity index (χ1v) is 6.77. The third-order valence-electron chi connectivity index (χ3n) is 3.81. The highest BCUT2D eigenvalue weighted by Gasteiger charge is 2.25. The Kier molecular flexibility index (Phi) is 6.58. The van der Waals surface area contributed by atoms with E-state index in [9.17, 15) is 14.9 Å². The van der Waals surface area contributed by atoms with Gasteiger partial charge in [-0.25, -0.2) is 0 Å². The van der Waals surface area contributed by atoms with Crippen LogP contribution in [0.1, 0.15) is 18.4 Å². The average molecular weight is 331 g/mol. The number of hydrogen-bond donors (Lipinski definition) is 1. The summed E-state index contributed by atoms with van der Waals surface area (Å²) in [5.41, 5.74) is 0.784. The van der Waals surface area contributed by atoms with Gasteiger partial charge in [-0.1, -0.05) is 0 Å². The van der Waals surface area contributed by atoms with E-state index in [1.807, 2.05) is 0 Å². The topological polar surface area (TPSA) is 92.9 Å². The summed E-state index contributed by atoms with van der Waals surface area (Å²) in [4.78, 5) is 23.4. The Labute approximate surface area is 134 Å². The number of ether oxygens (including phenoxy) is 1. The lowest BCUT2D eigenvalue weighted by Gasteiger charge is -2.30. The molecule has 7 nitrogen and oxygen atoms in total. The number of piperidine rings is 1. The highest BCUT2D eigenvalue weighted by atomic mass is 35.5. The van der Waals surface area contributed by atoms with Gasteiger partial charge in [0.15, 0.2) is 0 Å². The van der Waals surface area contributed by atoms with Gasteiger partial charge in [0.1, 0.15) is 5.75 Å². The maximum Gasteiger partial charge on any atom is 0.306 e. The molecule has 1 aromatic rings. The van der Waals surface area contributed by atoms with Gasteiger partial charge in [-0.3, -0.25) is 19.8 Å². The summed E-state index contributed by atoms with van der Waals surface area (Å²) in [6.45, 7) is 1.86. The molecule has 1 aliphatic heterocycles. The van der Waals surface area contributed by atoms with Gasteiger partial charge in [-0.05, 0) is 32.0 Å². The summed E-state index contributed by atoms with van der Waals surface area (Å²) in [5.74, 6) is -0.420. The fourth-order valence-corrected chi connectivity index (χ4v) is 2.58. The molecule has 1 fully saturated rings. The van der Waals surface area contributed by atoms with E-state index in [0.29, 0.717) is 38.2 Å². The molecule has 0 aromatic heterocycles. The number of non-ortho nitro benzene ring substituents is 1. The lowest BCUT2D eigenvalue weighted by molar-refractivity contribution is -0.385. The Hall–Kier alpha value is -1.86. The summed E-state index contributed by atoms with van der Waals surface area (Å²) < 4.78 is 5.24. The maximum absolute atomic E-state index is 10.9. The van der Waals surface area contributed by atoms with Crippen molar-refractivity contribution in [1.82, 2.24) is 4.90 Å². The molecule has 0 unspecified atom stereocenters. The van der Waals surface area contributed by atoms with Crippen LogP contribution in [0.25, 0.3) is 0 Å². The first-order valence-electron chi connectivity index (χ1n) is 6.77. The smallest absolute Gasteiger partial charge is 0.306 e. The predicted octanol–water partition coefficient (Wildman–Crippen LogP) is 2.32. The molecule has 0 amide bonds. The van der Waals surface area contributed by atoms with Crippen LogP contribution in [0.5, 0.6) is 5.75 Å². The molecule has 0 spiro atoms. The van der Waals surface area contributed by atoms with Gasteiger partial charge in [-0.2, -0.15) is 0 Å². The molecule has 1 N–H and O–H groups in total. The van der Waals surface area contributed by atoms with Crippen LogP contribution >= 0.6 is 12.4 Å². The number of carbonyl (C=O) groups is 1.